The largest absolute Gasteiger partial charge is 0.413 e. The van der Waals surface area contributed by atoms with Crippen molar-refractivity contribution < 1.29 is 14.0 Å². The fourth-order valence-corrected chi connectivity index (χ4v) is 10.6. The van der Waals surface area contributed by atoms with Crippen molar-refractivity contribution in [1.29, 1.82) is 0 Å². The quantitative estimate of drug-likeness (QED) is 0.201. The van der Waals surface area contributed by atoms with E-state index in [2.05, 4.69) is 112 Å². The van der Waals surface area contributed by atoms with Gasteiger partial charge in [-0.3, -0.25) is 0 Å². The minimum absolute atomic E-state index is 0.0233. The molecule has 0 aromatic heterocycles. The Morgan fingerprint density at radius 1 is 0.909 bits per heavy atom. The summed E-state index contributed by atoms with van der Waals surface area (Å²) in [7, 11) is -3.90. The second-order valence-electron chi connectivity index (χ2n) is 18.4. The van der Waals surface area contributed by atoms with E-state index in [1.165, 1.54) is 56.1 Å². The van der Waals surface area contributed by atoms with Gasteiger partial charge in [-0.05, 0) is 128 Å². The van der Waals surface area contributed by atoms with Crippen molar-refractivity contribution in [2.45, 2.75) is 168 Å². The van der Waals surface area contributed by atoms with Crippen LogP contribution in [0.3, 0.4) is 0 Å². The summed E-state index contributed by atoms with van der Waals surface area (Å²) < 4.78 is 14.2. The molecule has 0 aromatic rings. The lowest BCUT2D eigenvalue weighted by molar-refractivity contribution is 0.0969. The third-order valence-corrected chi connectivity index (χ3v) is 22.1. The number of hydrogen-bond acceptors (Lipinski definition) is 3. The zero-order valence-corrected chi connectivity index (χ0v) is 32.7. The SMILES string of the molecule is C=C1/C(=C/C=C2\CCC[C@]3(C)[C@@H]([C@H](C)C=CC(O)C4CC4)CC[C@@H]23)C[C@@H](O[Si](C)(C)C(C)(C)C)C[C@@H]1O[Si](C)(C)C(C)(C)C. The topological polar surface area (TPSA) is 38.7 Å². The van der Waals surface area contributed by atoms with Crippen LogP contribution in [0.2, 0.25) is 36.3 Å². The Labute approximate surface area is 274 Å². The van der Waals surface area contributed by atoms with Crippen LogP contribution in [-0.2, 0) is 8.85 Å². The highest BCUT2D eigenvalue weighted by molar-refractivity contribution is 6.74. The van der Waals surface area contributed by atoms with E-state index in [1.807, 2.05) is 0 Å². The first-order valence-corrected chi connectivity index (χ1v) is 23.8. The lowest BCUT2D eigenvalue weighted by Crippen LogP contribution is -2.49. The first-order valence-electron chi connectivity index (χ1n) is 18.0. The molecule has 7 atom stereocenters. The van der Waals surface area contributed by atoms with Gasteiger partial charge in [-0.1, -0.05) is 91.8 Å². The maximum absolute atomic E-state index is 10.5. The van der Waals surface area contributed by atoms with Crippen LogP contribution in [0.5, 0.6) is 0 Å². The summed E-state index contributed by atoms with van der Waals surface area (Å²) in [6.07, 6.45) is 19.9. The van der Waals surface area contributed by atoms with E-state index >= 15 is 0 Å². The van der Waals surface area contributed by atoms with E-state index in [1.54, 1.807) is 5.57 Å². The van der Waals surface area contributed by atoms with Crippen molar-refractivity contribution in [3.8, 4) is 0 Å². The van der Waals surface area contributed by atoms with Gasteiger partial charge in [0.05, 0.1) is 18.3 Å². The number of allylic oxidation sites excluding steroid dienone is 4. The molecule has 4 aliphatic carbocycles. The smallest absolute Gasteiger partial charge is 0.192 e. The number of rotatable bonds is 9. The molecule has 250 valence electrons. The highest BCUT2D eigenvalue weighted by Crippen LogP contribution is 2.59. The minimum Gasteiger partial charge on any atom is -0.413 e. The standard InChI is InChI=1S/C39H68O3Si2/c1-27(16-23-35(40)30-18-19-30)33-21-22-34-29(15-14-24-39(33,34)9)17-20-31-25-32(41-43(10,11)37(3,4)5)26-36(28(31)2)42-44(12,13)38(6,7)8/h16-17,20,23,27,30,32-36,40H,2,14-15,18-19,21-22,24-26H2,1,3-13H3/b23-16?,29-17+,31-20+/t27-,32-,33-,34+,35?,36+,39-/m1/s1. The highest BCUT2D eigenvalue weighted by atomic mass is 28.4. The van der Waals surface area contributed by atoms with Gasteiger partial charge in [0, 0.05) is 6.42 Å². The predicted molar refractivity (Wildman–Crippen MR) is 194 cm³/mol. The molecule has 44 heavy (non-hydrogen) atoms. The molecule has 1 unspecified atom stereocenters. The average Bonchev–Trinajstić information content (AvgIpc) is 3.68. The van der Waals surface area contributed by atoms with Crippen LogP contribution < -0.4 is 0 Å². The molecule has 0 heterocycles. The maximum atomic E-state index is 10.5. The van der Waals surface area contributed by atoms with Gasteiger partial charge < -0.3 is 14.0 Å². The predicted octanol–water partition coefficient (Wildman–Crippen LogP) is 11.1. The summed E-state index contributed by atoms with van der Waals surface area (Å²) in [6.45, 7) is 33.2. The molecule has 4 saturated carbocycles. The second-order valence-corrected chi connectivity index (χ2v) is 27.9. The number of aliphatic hydroxyl groups is 1. The van der Waals surface area contributed by atoms with E-state index in [-0.39, 0.29) is 28.4 Å². The Hall–Kier alpha value is -0.726. The van der Waals surface area contributed by atoms with Gasteiger partial charge >= 0.3 is 0 Å². The average molecular weight is 641 g/mol. The summed E-state index contributed by atoms with van der Waals surface area (Å²) in [5.41, 5.74) is 4.49. The lowest BCUT2D eigenvalue weighted by atomic mass is 9.61. The van der Waals surface area contributed by atoms with Crippen LogP contribution in [0.1, 0.15) is 113 Å². The van der Waals surface area contributed by atoms with Gasteiger partial charge in [-0.25, -0.2) is 0 Å². The maximum Gasteiger partial charge on any atom is 0.192 e. The summed E-state index contributed by atoms with van der Waals surface area (Å²) >= 11 is 0. The van der Waals surface area contributed by atoms with Crippen molar-refractivity contribution in [3.63, 3.8) is 0 Å². The molecular formula is C39H68O3Si2. The van der Waals surface area contributed by atoms with Crippen molar-refractivity contribution in [2.75, 3.05) is 0 Å². The molecule has 1 N–H and O–H groups in total. The molecule has 5 heteroatoms. The lowest BCUT2D eigenvalue weighted by Gasteiger charge is -2.45. The van der Waals surface area contributed by atoms with E-state index in [0.29, 0.717) is 29.1 Å². The Kier molecular flexibility index (Phi) is 10.7. The van der Waals surface area contributed by atoms with Crippen molar-refractivity contribution >= 4 is 16.6 Å². The van der Waals surface area contributed by atoms with E-state index in [4.69, 9.17) is 8.85 Å². The molecule has 0 radical (unpaired) electrons. The summed E-state index contributed by atoms with van der Waals surface area (Å²) in [5.74, 6) is 2.35. The van der Waals surface area contributed by atoms with Crippen molar-refractivity contribution in [3.05, 3.63) is 47.6 Å². The van der Waals surface area contributed by atoms with Gasteiger partial charge in [-0.2, -0.15) is 0 Å². The molecule has 0 bridgehead atoms. The van der Waals surface area contributed by atoms with Crippen molar-refractivity contribution in [2.24, 2.45) is 29.1 Å². The van der Waals surface area contributed by atoms with Crippen LogP contribution in [0.25, 0.3) is 0 Å². The molecule has 4 aliphatic rings. The van der Waals surface area contributed by atoms with Crippen LogP contribution in [0.15, 0.2) is 47.6 Å². The van der Waals surface area contributed by atoms with E-state index in [9.17, 15) is 5.11 Å². The number of aliphatic hydroxyl groups excluding tert-OH is 1. The van der Waals surface area contributed by atoms with Crippen molar-refractivity contribution in [1.82, 2.24) is 0 Å². The summed E-state index contributed by atoms with van der Waals surface area (Å²) in [6, 6.07) is 0. The molecule has 3 nitrogen and oxygen atoms in total. The first-order chi connectivity index (χ1) is 20.2. The summed E-state index contributed by atoms with van der Waals surface area (Å²) in [4.78, 5) is 0. The van der Waals surface area contributed by atoms with Crippen LogP contribution in [0.4, 0.5) is 0 Å². The Bertz CT molecular complexity index is 1130. The van der Waals surface area contributed by atoms with Gasteiger partial charge in [0.2, 0.25) is 0 Å². The molecule has 0 aliphatic heterocycles. The van der Waals surface area contributed by atoms with E-state index in [0.717, 1.165) is 12.8 Å². The fourth-order valence-electron chi connectivity index (χ4n) is 7.93. The molecular weight excluding hydrogens is 573 g/mol. The third-order valence-electron chi connectivity index (χ3n) is 13.1. The third kappa shape index (κ3) is 7.86. The van der Waals surface area contributed by atoms with Gasteiger partial charge in [0.1, 0.15) is 0 Å². The minimum atomic E-state index is -1.98. The zero-order chi connectivity index (χ0) is 32.9. The Morgan fingerprint density at radius 2 is 1.52 bits per heavy atom. The molecule has 0 saturated heterocycles. The van der Waals surface area contributed by atoms with Crippen LogP contribution >= 0.6 is 0 Å². The molecule has 0 amide bonds. The molecule has 0 spiro atoms. The molecule has 4 rings (SSSR count). The monoisotopic (exact) mass is 640 g/mol. The molecule has 4 fully saturated rings. The van der Waals surface area contributed by atoms with Gasteiger partial charge in [0.25, 0.3) is 0 Å². The zero-order valence-electron chi connectivity index (χ0n) is 30.7. The number of hydrogen-bond donors (Lipinski definition) is 1. The fraction of sp³-hybridized carbons (Fsp3) is 0.795. The summed E-state index contributed by atoms with van der Waals surface area (Å²) in [5, 5.41) is 10.8. The highest BCUT2D eigenvalue weighted by Gasteiger charge is 2.50. The van der Waals surface area contributed by atoms with E-state index < -0.39 is 16.6 Å². The Morgan fingerprint density at radius 3 is 2.11 bits per heavy atom. The second kappa shape index (κ2) is 13.1. The normalized spacial score (nSPS) is 34.2. The Balaban J connectivity index is 1.57. The van der Waals surface area contributed by atoms with Gasteiger partial charge in [-0.15, -0.1) is 0 Å². The first kappa shape index (κ1) is 36.1. The molecule has 0 aromatic carbocycles. The van der Waals surface area contributed by atoms with Crippen LogP contribution in [0, 0.1) is 29.1 Å². The van der Waals surface area contributed by atoms with Crippen LogP contribution in [-0.4, -0.2) is 40.1 Å². The number of fused-ring (bicyclic) bond motifs is 1. The van der Waals surface area contributed by atoms with Gasteiger partial charge in [0.15, 0.2) is 16.6 Å².